The summed E-state index contributed by atoms with van der Waals surface area (Å²) in [5.74, 6) is 1.35. The normalized spacial score (nSPS) is 21.1. The van der Waals surface area contributed by atoms with Crippen molar-refractivity contribution in [2.24, 2.45) is 5.92 Å². The molecule has 1 fully saturated rings. The molecule has 3 aromatic rings. The fourth-order valence-corrected chi connectivity index (χ4v) is 5.41. The number of benzene rings is 1. The van der Waals surface area contributed by atoms with Crippen molar-refractivity contribution in [3.8, 4) is 0 Å². The molecule has 2 aromatic heterocycles. The van der Waals surface area contributed by atoms with Gasteiger partial charge >= 0.3 is 0 Å². The second-order valence-electron chi connectivity index (χ2n) is 7.52. The van der Waals surface area contributed by atoms with Crippen LogP contribution in [0.15, 0.2) is 53.8 Å². The summed E-state index contributed by atoms with van der Waals surface area (Å²) in [6.45, 7) is 3.68. The van der Waals surface area contributed by atoms with Crippen molar-refractivity contribution in [2.45, 2.75) is 24.3 Å². The van der Waals surface area contributed by atoms with Crippen LogP contribution in [0.1, 0.15) is 13.3 Å². The molecule has 0 amide bonds. The maximum absolute atomic E-state index is 12.8. The van der Waals surface area contributed by atoms with Crippen molar-refractivity contribution in [2.75, 3.05) is 30.9 Å². The van der Waals surface area contributed by atoms with E-state index in [4.69, 9.17) is 0 Å². The van der Waals surface area contributed by atoms with Gasteiger partial charge in [-0.3, -0.25) is 4.90 Å². The topological polar surface area (TPSA) is 82.2 Å². The van der Waals surface area contributed by atoms with Gasteiger partial charge in [-0.1, -0.05) is 25.1 Å². The highest BCUT2D eigenvalue weighted by Gasteiger charge is 2.32. The molecule has 7 nitrogen and oxygen atoms in total. The van der Waals surface area contributed by atoms with E-state index in [1.807, 2.05) is 30.3 Å². The molecule has 148 valence electrons. The first-order chi connectivity index (χ1) is 13.5. The van der Waals surface area contributed by atoms with Crippen LogP contribution in [0, 0.1) is 5.92 Å². The summed E-state index contributed by atoms with van der Waals surface area (Å²) in [6, 6.07) is 10.8. The number of rotatable bonds is 5. The molecule has 8 heteroatoms. The van der Waals surface area contributed by atoms with E-state index < -0.39 is 9.84 Å². The third kappa shape index (κ3) is 3.62. The van der Waals surface area contributed by atoms with Gasteiger partial charge in [-0.2, -0.15) is 0 Å². The summed E-state index contributed by atoms with van der Waals surface area (Å²) in [4.78, 5) is 16.5. The van der Waals surface area contributed by atoms with E-state index in [2.05, 4.69) is 26.8 Å². The first kappa shape index (κ1) is 18.9. The van der Waals surface area contributed by atoms with Crippen LogP contribution in [0.4, 0.5) is 5.82 Å². The summed E-state index contributed by atoms with van der Waals surface area (Å²) in [7, 11) is -1.31. The van der Waals surface area contributed by atoms with Crippen LogP contribution < -0.4 is 4.90 Å². The van der Waals surface area contributed by atoms with Gasteiger partial charge in [0.1, 0.15) is 23.7 Å². The van der Waals surface area contributed by atoms with Crippen molar-refractivity contribution < 1.29 is 8.42 Å². The number of nitrogens with one attached hydrogen (secondary N) is 1. The standard InChI is InChI=1S/C20H25N5O2S/c1-15-9-11-25(14-28(26,27)16-6-4-3-5-7-16)12-18(15)24(2)20-17-8-10-21-19(17)22-13-23-20/h3-8,10,13,15,18H,9,11-12,14H2,1-2H3,(H,21,22,23). The van der Waals surface area contributed by atoms with Crippen LogP contribution in [0.25, 0.3) is 11.0 Å². The molecule has 1 aliphatic rings. The molecule has 0 bridgehead atoms. The third-order valence-corrected chi connectivity index (χ3v) is 7.32. The molecule has 1 N–H and O–H groups in total. The lowest BCUT2D eigenvalue weighted by molar-refractivity contribution is 0.187. The number of likely N-dealkylation sites (N-methyl/N-ethyl adjacent to an activating group) is 1. The quantitative estimate of drug-likeness (QED) is 0.710. The Bertz CT molecular complexity index is 1050. The van der Waals surface area contributed by atoms with Crippen LogP contribution in [-0.2, 0) is 9.84 Å². The van der Waals surface area contributed by atoms with E-state index in [1.165, 1.54) is 0 Å². The maximum Gasteiger partial charge on any atom is 0.191 e. The zero-order valence-corrected chi connectivity index (χ0v) is 16.9. The van der Waals surface area contributed by atoms with E-state index in [0.29, 0.717) is 17.4 Å². The van der Waals surface area contributed by atoms with Gasteiger partial charge in [-0.15, -0.1) is 0 Å². The fraction of sp³-hybridized carbons (Fsp3) is 0.400. The van der Waals surface area contributed by atoms with Crippen LogP contribution >= 0.6 is 0 Å². The largest absolute Gasteiger partial charge is 0.354 e. The Kier molecular flexibility index (Phi) is 5.07. The summed E-state index contributed by atoms with van der Waals surface area (Å²) in [5.41, 5.74) is 0.809. The second kappa shape index (κ2) is 7.52. The second-order valence-corrected chi connectivity index (χ2v) is 9.47. The average Bonchev–Trinajstić information content (AvgIpc) is 3.18. The number of H-pyrrole nitrogens is 1. The average molecular weight is 400 g/mol. The van der Waals surface area contributed by atoms with Crippen molar-refractivity contribution in [1.82, 2.24) is 19.9 Å². The van der Waals surface area contributed by atoms with Crippen molar-refractivity contribution in [1.29, 1.82) is 0 Å². The lowest BCUT2D eigenvalue weighted by Crippen LogP contribution is -2.52. The van der Waals surface area contributed by atoms with Gasteiger partial charge in [0.25, 0.3) is 0 Å². The molecule has 4 rings (SSSR count). The fourth-order valence-electron chi connectivity index (χ4n) is 3.98. The lowest BCUT2D eigenvalue weighted by Gasteiger charge is -2.42. The number of hydrogen-bond donors (Lipinski definition) is 1. The number of nitrogens with zero attached hydrogens (tertiary/aromatic N) is 4. The highest BCUT2D eigenvalue weighted by atomic mass is 32.2. The molecule has 28 heavy (non-hydrogen) atoms. The summed E-state index contributed by atoms with van der Waals surface area (Å²) >= 11 is 0. The Morgan fingerprint density at radius 2 is 2.00 bits per heavy atom. The van der Waals surface area contributed by atoms with Crippen LogP contribution in [0.2, 0.25) is 0 Å². The molecular weight excluding hydrogens is 374 g/mol. The Hall–Kier alpha value is -2.45. The summed E-state index contributed by atoms with van der Waals surface area (Å²) in [6.07, 6.45) is 4.37. The number of fused-ring (bicyclic) bond motifs is 1. The first-order valence-corrected chi connectivity index (χ1v) is 11.1. The molecule has 0 aliphatic carbocycles. The Morgan fingerprint density at radius 3 is 2.79 bits per heavy atom. The zero-order chi connectivity index (χ0) is 19.7. The monoisotopic (exact) mass is 399 g/mol. The minimum atomic E-state index is -3.34. The molecule has 0 radical (unpaired) electrons. The molecule has 0 saturated carbocycles. The number of piperidine rings is 1. The molecule has 3 heterocycles. The van der Waals surface area contributed by atoms with E-state index in [9.17, 15) is 8.42 Å². The molecule has 0 spiro atoms. The smallest absolute Gasteiger partial charge is 0.191 e. The van der Waals surface area contributed by atoms with Gasteiger partial charge in [0, 0.05) is 25.8 Å². The molecular formula is C20H25N5O2S. The number of anilines is 1. The minimum Gasteiger partial charge on any atom is -0.354 e. The summed E-state index contributed by atoms with van der Waals surface area (Å²) in [5, 5.41) is 0.978. The maximum atomic E-state index is 12.8. The van der Waals surface area contributed by atoms with Gasteiger partial charge in [0.15, 0.2) is 9.84 Å². The third-order valence-electron chi connectivity index (χ3n) is 5.62. The van der Waals surface area contributed by atoms with E-state index in [0.717, 1.165) is 29.8 Å². The minimum absolute atomic E-state index is 0.0391. The van der Waals surface area contributed by atoms with E-state index >= 15 is 0 Å². The number of hydrogen-bond acceptors (Lipinski definition) is 6. The predicted molar refractivity (Wildman–Crippen MR) is 110 cm³/mol. The van der Waals surface area contributed by atoms with Gasteiger partial charge in [-0.25, -0.2) is 18.4 Å². The number of aromatic nitrogens is 3. The highest BCUT2D eigenvalue weighted by Crippen LogP contribution is 2.29. The van der Waals surface area contributed by atoms with Crippen molar-refractivity contribution >= 4 is 26.7 Å². The predicted octanol–water partition coefficient (Wildman–Crippen LogP) is 2.54. The molecule has 2 unspecified atom stereocenters. The summed E-state index contributed by atoms with van der Waals surface area (Å²) < 4.78 is 25.6. The Morgan fingerprint density at radius 1 is 1.21 bits per heavy atom. The Labute approximate surface area is 165 Å². The lowest BCUT2D eigenvalue weighted by atomic mass is 9.92. The zero-order valence-electron chi connectivity index (χ0n) is 16.1. The van der Waals surface area contributed by atoms with Gasteiger partial charge in [0.2, 0.25) is 0 Å². The Balaban J connectivity index is 1.54. The van der Waals surface area contributed by atoms with Gasteiger partial charge in [-0.05, 0) is 37.1 Å². The van der Waals surface area contributed by atoms with Crippen LogP contribution in [-0.4, -0.2) is 60.3 Å². The van der Waals surface area contributed by atoms with Crippen LogP contribution in [0.3, 0.4) is 0 Å². The van der Waals surface area contributed by atoms with Gasteiger partial charge in [0.05, 0.1) is 10.3 Å². The highest BCUT2D eigenvalue weighted by molar-refractivity contribution is 7.91. The van der Waals surface area contributed by atoms with Crippen LogP contribution in [0.5, 0.6) is 0 Å². The molecule has 1 aliphatic heterocycles. The number of sulfone groups is 1. The van der Waals surface area contributed by atoms with E-state index in [1.54, 1.807) is 30.6 Å². The first-order valence-electron chi connectivity index (χ1n) is 9.47. The van der Waals surface area contributed by atoms with Crippen molar-refractivity contribution in [3.05, 3.63) is 48.9 Å². The molecule has 1 aromatic carbocycles. The van der Waals surface area contributed by atoms with E-state index in [-0.39, 0.29) is 11.9 Å². The SMILES string of the molecule is CC1CCN(CS(=O)(=O)c2ccccc2)CC1N(C)c1ncnc2[nH]ccc12. The van der Waals surface area contributed by atoms with Gasteiger partial charge < -0.3 is 9.88 Å². The van der Waals surface area contributed by atoms with Crippen molar-refractivity contribution in [3.63, 3.8) is 0 Å². The number of likely N-dealkylation sites (tertiary alicyclic amines) is 1. The molecule has 1 saturated heterocycles. The molecule has 2 atom stereocenters. The number of aromatic amines is 1.